The van der Waals surface area contributed by atoms with E-state index < -0.39 is 5.41 Å². The Balaban J connectivity index is 1.78. The highest BCUT2D eigenvalue weighted by Crippen LogP contribution is 2.51. The maximum Gasteiger partial charge on any atom is 0.136 e. The summed E-state index contributed by atoms with van der Waals surface area (Å²) in [5.41, 5.74) is 6.37. The molecule has 0 radical (unpaired) electrons. The molecule has 5 rings (SSSR count). The topological polar surface area (TPSA) is 34.1 Å². The van der Waals surface area contributed by atoms with Gasteiger partial charge in [0.15, 0.2) is 0 Å². The van der Waals surface area contributed by atoms with Crippen molar-refractivity contribution in [1.29, 1.82) is 0 Å². The van der Waals surface area contributed by atoms with E-state index >= 15 is 0 Å². The fourth-order valence-corrected chi connectivity index (χ4v) is 4.33. The van der Waals surface area contributed by atoms with E-state index in [2.05, 4.69) is 77.8 Å². The van der Waals surface area contributed by atoms with E-state index in [9.17, 15) is 0 Å². The van der Waals surface area contributed by atoms with Crippen molar-refractivity contribution < 1.29 is 9.57 Å². The quantitative estimate of drug-likeness (QED) is 0.678. The first kappa shape index (κ1) is 15.9. The number of benzene rings is 3. The maximum absolute atomic E-state index is 5.75. The van der Waals surface area contributed by atoms with Crippen molar-refractivity contribution in [2.24, 2.45) is 5.16 Å². The van der Waals surface area contributed by atoms with Gasteiger partial charge in [-0.15, -0.1) is 0 Å². The average molecular weight is 356 g/mol. The van der Waals surface area contributed by atoms with Crippen LogP contribution >= 0.6 is 0 Å². The molecule has 0 aliphatic carbocycles. The minimum absolute atomic E-state index is 0.422. The summed E-state index contributed by atoms with van der Waals surface area (Å²) in [4.78, 5) is 8.00. The standard InChI is InChI=1S/C23H20N2O2/c1-25-20-9-5-3-7-18(20)23(19-8-4-6-10-21(19)25)15-27-24-22(23)16-11-13-17(26-2)14-12-16/h3-14H,15H2,1-2H3. The Morgan fingerprint density at radius 2 is 1.48 bits per heavy atom. The van der Waals surface area contributed by atoms with Crippen LogP contribution in [0.3, 0.4) is 0 Å². The molecule has 0 fully saturated rings. The number of nitrogens with zero attached hydrogens (tertiary/aromatic N) is 2. The van der Waals surface area contributed by atoms with Crippen LogP contribution in [-0.2, 0) is 10.3 Å². The van der Waals surface area contributed by atoms with Crippen molar-refractivity contribution in [2.75, 3.05) is 25.7 Å². The molecular weight excluding hydrogens is 336 g/mol. The van der Waals surface area contributed by atoms with Crippen molar-refractivity contribution >= 4 is 17.1 Å². The smallest absolute Gasteiger partial charge is 0.136 e. The number of fused-ring (bicyclic) bond motifs is 4. The van der Waals surface area contributed by atoms with E-state index in [0.717, 1.165) is 17.0 Å². The summed E-state index contributed by atoms with van der Waals surface area (Å²) in [6, 6.07) is 25.1. The van der Waals surface area contributed by atoms with Gasteiger partial charge in [0.2, 0.25) is 0 Å². The molecule has 0 N–H and O–H groups in total. The van der Waals surface area contributed by atoms with Crippen LogP contribution in [0.2, 0.25) is 0 Å². The molecule has 0 bridgehead atoms. The van der Waals surface area contributed by atoms with Crippen molar-refractivity contribution in [3.05, 3.63) is 89.5 Å². The molecule has 0 aromatic heterocycles. The normalized spacial score (nSPS) is 16.4. The molecule has 0 unspecified atom stereocenters. The van der Waals surface area contributed by atoms with Gasteiger partial charge in [0.25, 0.3) is 0 Å². The number of oxime groups is 1. The highest BCUT2D eigenvalue weighted by atomic mass is 16.6. The van der Waals surface area contributed by atoms with Crippen LogP contribution < -0.4 is 9.64 Å². The van der Waals surface area contributed by atoms with Gasteiger partial charge in [0.05, 0.1) is 7.11 Å². The molecule has 4 nitrogen and oxygen atoms in total. The summed E-state index contributed by atoms with van der Waals surface area (Å²) in [6.45, 7) is 0.496. The molecule has 1 spiro atoms. The zero-order valence-corrected chi connectivity index (χ0v) is 15.3. The first-order valence-corrected chi connectivity index (χ1v) is 9.03. The number of methoxy groups -OCH3 is 1. The second-order valence-corrected chi connectivity index (χ2v) is 6.94. The van der Waals surface area contributed by atoms with Gasteiger partial charge in [-0.1, -0.05) is 41.6 Å². The fraction of sp³-hybridized carbons (Fsp3) is 0.174. The van der Waals surface area contributed by atoms with Crippen LogP contribution in [0, 0.1) is 0 Å². The lowest BCUT2D eigenvalue weighted by atomic mass is 9.67. The van der Waals surface area contributed by atoms with Gasteiger partial charge < -0.3 is 14.5 Å². The number of hydrogen-bond acceptors (Lipinski definition) is 4. The SMILES string of the molecule is COc1ccc(C2=NOCC23c2ccccc2N(C)c2ccccc23)cc1. The van der Waals surface area contributed by atoms with E-state index in [1.165, 1.54) is 22.5 Å². The summed E-state index contributed by atoms with van der Waals surface area (Å²) in [5, 5.41) is 4.52. The molecule has 134 valence electrons. The second-order valence-electron chi connectivity index (χ2n) is 6.94. The van der Waals surface area contributed by atoms with E-state index in [1.54, 1.807) is 7.11 Å². The number of para-hydroxylation sites is 2. The number of hydrogen-bond donors (Lipinski definition) is 0. The summed E-state index contributed by atoms with van der Waals surface area (Å²) >= 11 is 0. The Morgan fingerprint density at radius 3 is 2.07 bits per heavy atom. The van der Waals surface area contributed by atoms with Crippen LogP contribution in [0.25, 0.3) is 0 Å². The van der Waals surface area contributed by atoms with Gasteiger partial charge in [0.1, 0.15) is 23.5 Å². The first-order chi connectivity index (χ1) is 13.3. The largest absolute Gasteiger partial charge is 0.497 e. The molecular formula is C23H20N2O2. The third kappa shape index (κ3) is 2.13. The average Bonchev–Trinajstić information content (AvgIpc) is 3.18. The maximum atomic E-state index is 5.75. The molecule has 0 saturated heterocycles. The van der Waals surface area contributed by atoms with Crippen molar-refractivity contribution in [1.82, 2.24) is 0 Å². The van der Waals surface area contributed by atoms with E-state index in [1.807, 2.05) is 12.1 Å². The molecule has 0 atom stereocenters. The first-order valence-electron chi connectivity index (χ1n) is 9.03. The lowest BCUT2D eigenvalue weighted by molar-refractivity contribution is 0.152. The van der Waals surface area contributed by atoms with Crippen molar-refractivity contribution in [3.8, 4) is 5.75 Å². The van der Waals surface area contributed by atoms with Gasteiger partial charge in [-0.2, -0.15) is 0 Å². The van der Waals surface area contributed by atoms with Gasteiger partial charge >= 0.3 is 0 Å². The molecule has 3 aromatic rings. The van der Waals surface area contributed by atoms with Crippen LogP contribution in [0.1, 0.15) is 16.7 Å². The number of ether oxygens (including phenoxy) is 1. The minimum Gasteiger partial charge on any atom is -0.497 e. The summed E-state index contributed by atoms with van der Waals surface area (Å²) in [7, 11) is 3.79. The van der Waals surface area contributed by atoms with Crippen LogP contribution in [0.15, 0.2) is 78.0 Å². The van der Waals surface area contributed by atoms with E-state index in [0.29, 0.717) is 6.61 Å². The highest BCUT2D eigenvalue weighted by molar-refractivity contribution is 6.13. The van der Waals surface area contributed by atoms with Gasteiger partial charge in [0, 0.05) is 24.0 Å². The molecule has 3 aromatic carbocycles. The third-order valence-corrected chi connectivity index (χ3v) is 5.65. The Bertz CT molecular complexity index is 993. The van der Waals surface area contributed by atoms with Crippen LogP contribution in [0.4, 0.5) is 11.4 Å². The Hall–Kier alpha value is -3.27. The minimum atomic E-state index is -0.422. The fourth-order valence-electron chi connectivity index (χ4n) is 4.33. The predicted molar refractivity (Wildman–Crippen MR) is 107 cm³/mol. The molecule has 27 heavy (non-hydrogen) atoms. The third-order valence-electron chi connectivity index (χ3n) is 5.65. The Kier molecular flexibility index (Phi) is 3.47. The van der Waals surface area contributed by atoms with Gasteiger partial charge in [-0.05, 0) is 47.5 Å². The Labute approximate surface area is 158 Å². The zero-order chi connectivity index (χ0) is 18.4. The highest BCUT2D eigenvalue weighted by Gasteiger charge is 2.50. The second kappa shape index (κ2) is 5.88. The van der Waals surface area contributed by atoms with E-state index in [-0.39, 0.29) is 0 Å². The summed E-state index contributed by atoms with van der Waals surface area (Å²) < 4.78 is 5.32. The lowest BCUT2D eigenvalue weighted by Crippen LogP contribution is -2.43. The molecule has 2 heterocycles. The van der Waals surface area contributed by atoms with Crippen LogP contribution in [-0.4, -0.2) is 26.5 Å². The van der Waals surface area contributed by atoms with Gasteiger partial charge in [-0.3, -0.25) is 0 Å². The van der Waals surface area contributed by atoms with Crippen LogP contribution in [0.5, 0.6) is 5.75 Å². The molecule has 4 heteroatoms. The number of anilines is 2. The van der Waals surface area contributed by atoms with Gasteiger partial charge in [-0.25, -0.2) is 0 Å². The summed E-state index contributed by atoms with van der Waals surface area (Å²) in [6.07, 6.45) is 0. The Morgan fingerprint density at radius 1 is 0.889 bits per heavy atom. The van der Waals surface area contributed by atoms with Crippen molar-refractivity contribution in [2.45, 2.75) is 5.41 Å². The predicted octanol–water partition coefficient (Wildman–Crippen LogP) is 4.50. The lowest BCUT2D eigenvalue weighted by Gasteiger charge is -2.41. The number of rotatable bonds is 2. The molecule has 0 saturated carbocycles. The molecule has 0 amide bonds. The van der Waals surface area contributed by atoms with E-state index in [4.69, 9.17) is 9.57 Å². The zero-order valence-electron chi connectivity index (χ0n) is 15.3. The van der Waals surface area contributed by atoms with Crippen molar-refractivity contribution in [3.63, 3.8) is 0 Å². The summed E-state index contributed by atoms with van der Waals surface area (Å²) in [5.74, 6) is 0.830. The monoisotopic (exact) mass is 356 g/mol. The molecule has 2 aliphatic rings. The molecule has 2 aliphatic heterocycles.